The van der Waals surface area contributed by atoms with Gasteiger partial charge in [-0.05, 0) is 30.3 Å². The second kappa shape index (κ2) is 5.49. The normalized spacial score (nSPS) is 10.5. The quantitative estimate of drug-likeness (QED) is 0.621. The van der Waals surface area contributed by atoms with E-state index in [-0.39, 0.29) is 26.9 Å². The van der Waals surface area contributed by atoms with Gasteiger partial charge in [-0.2, -0.15) is 0 Å². The van der Waals surface area contributed by atoms with Gasteiger partial charge in [0.1, 0.15) is 5.82 Å². The number of carbonyl (C=O) groups excluding carboxylic acids is 1. The van der Waals surface area contributed by atoms with Crippen molar-refractivity contribution in [3.05, 3.63) is 61.8 Å². The first-order valence-electron chi connectivity index (χ1n) is 5.14. The van der Waals surface area contributed by atoms with E-state index in [0.29, 0.717) is 4.47 Å². The van der Waals surface area contributed by atoms with E-state index in [1.807, 2.05) is 0 Å². The lowest BCUT2D eigenvalue weighted by Gasteiger charge is -2.07. The Morgan fingerprint density at radius 2 is 1.74 bits per heavy atom. The predicted octanol–water partition coefficient (Wildman–Crippen LogP) is 4.71. The van der Waals surface area contributed by atoms with Gasteiger partial charge in [-0.25, -0.2) is 4.39 Å². The summed E-state index contributed by atoms with van der Waals surface area (Å²) in [7, 11) is 0. The lowest BCUT2D eigenvalue weighted by molar-refractivity contribution is 0.103. The molecule has 2 aromatic carbocycles. The highest BCUT2D eigenvalue weighted by Crippen LogP contribution is 2.30. The Morgan fingerprint density at radius 3 is 2.32 bits per heavy atom. The van der Waals surface area contributed by atoms with Crippen LogP contribution >= 0.6 is 39.1 Å². The molecule has 0 spiro atoms. The molecule has 98 valence electrons. The van der Waals surface area contributed by atoms with Gasteiger partial charge in [0.15, 0.2) is 5.78 Å². The van der Waals surface area contributed by atoms with Gasteiger partial charge in [-0.3, -0.25) is 4.79 Å². The van der Waals surface area contributed by atoms with Crippen molar-refractivity contribution in [1.29, 1.82) is 0 Å². The molecule has 0 amide bonds. The molecule has 0 saturated heterocycles. The summed E-state index contributed by atoms with van der Waals surface area (Å²) in [6, 6.07) is 6.85. The standard InChI is InChI=1S/C13H7BrCl2FNO/c14-7-1-2-11(17)8(5-7)13(19)6-3-9(15)12(18)10(16)4-6/h1-5H,18H2. The Morgan fingerprint density at radius 1 is 1.16 bits per heavy atom. The zero-order chi connectivity index (χ0) is 14.2. The highest BCUT2D eigenvalue weighted by atomic mass is 79.9. The number of benzene rings is 2. The van der Waals surface area contributed by atoms with E-state index < -0.39 is 11.6 Å². The van der Waals surface area contributed by atoms with Gasteiger partial charge in [0.2, 0.25) is 0 Å². The highest BCUT2D eigenvalue weighted by Gasteiger charge is 2.17. The largest absolute Gasteiger partial charge is 0.396 e. The maximum atomic E-state index is 13.7. The summed E-state index contributed by atoms with van der Waals surface area (Å²) in [5.41, 5.74) is 5.89. The van der Waals surface area contributed by atoms with Crippen molar-refractivity contribution in [2.75, 3.05) is 5.73 Å². The number of nitrogen functional groups attached to an aromatic ring is 1. The first-order chi connectivity index (χ1) is 8.90. The van der Waals surface area contributed by atoms with Crippen LogP contribution in [-0.2, 0) is 0 Å². The molecule has 0 atom stereocenters. The van der Waals surface area contributed by atoms with Crippen molar-refractivity contribution in [2.45, 2.75) is 0 Å². The molecule has 0 saturated carbocycles. The lowest BCUT2D eigenvalue weighted by atomic mass is 10.0. The summed E-state index contributed by atoms with van der Waals surface area (Å²) >= 11 is 14.9. The van der Waals surface area contributed by atoms with Gasteiger partial charge < -0.3 is 5.73 Å². The summed E-state index contributed by atoms with van der Waals surface area (Å²) in [5, 5.41) is 0.317. The second-order valence-electron chi connectivity index (χ2n) is 3.81. The molecule has 0 bridgehead atoms. The maximum absolute atomic E-state index is 13.7. The average molecular weight is 363 g/mol. The minimum Gasteiger partial charge on any atom is -0.396 e. The number of halogens is 4. The van der Waals surface area contributed by atoms with Crippen LogP contribution in [0.5, 0.6) is 0 Å². The zero-order valence-electron chi connectivity index (χ0n) is 9.38. The zero-order valence-corrected chi connectivity index (χ0v) is 12.5. The molecule has 2 aromatic rings. The van der Waals surface area contributed by atoms with Gasteiger partial charge in [0.05, 0.1) is 21.3 Å². The summed E-state index contributed by atoms with van der Waals surface area (Å²) < 4.78 is 14.3. The number of rotatable bonds is 2. The van der Waals surface area contributed by atoms with Gasteiger partial charge in [0, 0.05) is 10.0 Å². The molecule has 0 aliphatic rings. The Balaban J connectivity index is 2.53. The van der Waals surface area contributed by atoms with E-state index in [1.165, 1.54) is 30.3 Å². The second-order valence-corrected chi connectivity index (χ2v) is 5.54. The third-order valence-electron chi connectivity index (χ3n) is 2.51. The highest BCUT2D eigenvalue weighted by molar-refractivity contribution is 9.10. The summed E-state index contributed by atoms with van der Waals surface area (Å²) in [6.07, 6.45) is 0. The molecular formula is C13H7BrCl2FNO. The van der Waals surface area contributed by atoms with Crippen molar-refractivity contribution < 1.29 is 9.18 Å². The number of hydrogen-bond acceptors (Lipinski definition) is 2. The molecule has 6 heteroatoms. The molecule has 0 radical (unpaired) electrons. The average Bonchev–Trinajstić information content (AvgIpc) is 2.37. The van der Waals surface area contributed by atoms with Gasteiger partial charge >= 0.3 is 0 Å². The molecule has 0 heterocycles. The Bertz CT molecular complexity index is 653. The topological polar surface area (TPSA) is 43.1 Å². The lowest BCUT2D eigenvalue weighted by Crippen LogP contribution is -2.05. The monoisotopic (exact) mass is 361 g/mol. The Hall–Kier alpha value is -1.10. The number of anilines is 1. The van der Waals surface area contributed by atoms with E-state index in [1.54, 1.807) is 0 Å². The van der Waals surface area contributed by atoms with Gasteiger partial charge in [-0.1, -0.05) is 39.1 Å². The predicted molar refractivity (Wildman–Crippen MR) is 78.4 cm³/mol. The smallest absolute Gasteiger partial charge is 0.196 e. The molecule has 0 aliphatic heterocycles. The SMILES string of the molecule is Nc1c(Cl)cc(C(=O)c2cc(Br)ccc2F)cc1Cl. The molecule has 2 rings (SSSR count). The van der Waals surface area contributed by atoms with Crippen molar-refractivity contribution in [1.82, 2.24) is 0 Å². The first kappa shape index (κ1) is 14.3. The van der Waals surface area contributed by atoms with Crippen LogP contribution in [-0.4, -0.2) is 5.78 Å². The molecule has 0 fully saturated rings. The van der Waals surface area contributed by atoms with Crippen LogP contribution in [0.15, 0.2) is 34.8 Å². The fraction of sp³-hybridized carbons (Fsp3) is 0. The summed E-state index contributed by atoms with van der Waals surface area (Å²) in [4.78, 5) is 12.2. The van der Waals surface area contributed by atoms with Crippen LogP contribution in [0.3, 0.4) is 0 Å². The molecule has 0 aromatic heterocycles. The van der Waals surface area contributed by atoms with Crippen molar-refractivity contribution in [3.8, 4) is 0 Å². The van der Waals surface area contributed by atoms with Crippen molar-refractivity contribution in [2.24, 2.45) is 0 Å². The summed E-state index contributed by atoms with van der Waals surface area (Å²) in [5.74, 6) is -1.13. The molecule has 2 N–H and O–H groups in total. The molecule has 0 aliphatic carbocycles. The maximum Gasteiger partial charge on any atom is 0.196 e. The van der Waals surface area contributed by atoms with Gasteiger partial charge in [-0.15, -0.1) is 0 Å². The Labute approximate surface area is 127 Å². The van der Waals surface area contributed by atoms with Crippen LogP contribution < -0.4 is 5.73 Å². The third kappa shape index (κ3) is 2.91. The van der Waals surface area contributed by atoms with E-state index in [4.69, 9.17) is 28.9 Å². The molecule has 19 heavy (non-hydrogen) atoms. The minimum absolute atomic E-state index is 0.0636. The van der Waals surface area contributed by atoms with Crippen LogP contribution in [0.1, 0.15) is 15.9 Å². The van der Waals surface area contributed by atoms with Crippen molar-refractivity contribution >= 4 is 50.6 Å². The van der Waals surface area contributed by atoms with Crippen LogP contribution in [0, 0.1) is 5.82 Å². The van der Waals surface area contributed by atoms with Crippen LogP contribution in [0.25, 0.3) is 0 Å². The number of ketones is 1. The summed E-state index contributed by atoms with van der Waals surface area (Å²) in [6.45, 7) is 0. The van der Waals surface area contributed by atoms with E-state index in [9.17, 15) is 9.18 Å². The van der Waals surface area contributed by atoms with E-state index >= 15 is 0 Å². The number of hydrogen-bond donors (Lipinski definition) is 1. The number of nitrogens with two attached hydrogens (primary N) is 1. The van der Waals surface area contributed by atoms with Crippen LogP contribution in [0.4, 0.5) is 10.1 Å². The third-order valence-corrected chi connectivity index (χ3v) is 3.63. The molecular weight excluding hydrogens is 356 g/mol. The molecule has 0 unspecified atom stereocenters. The molecule has 2 nitrogen and oxygen atoms in total. The fourth-order valence-corrected chi connectivity index (χ4v) is 2.39. The fourth-order valence-electron chi connectivity index (χ4n) is 1.54. The van der Waals surface area contributed by atoms with E-state index in [2.05, 4.69) is 15.9 Å². The van der Waals surface area contributed by atoms with Crippen molar-refractivity contribution in [3.63, 3.8) is 0 Å². The number of carbonyl (C=O) groups is 1. The Kier molecular flexibility index (Phi) is 4.13. The van der Waals surface area contributed by atoms with Gasteiger partial charge in [0.25, 0.3) is 0 Å². The first-order valence-corrected chi connectivity index (χ1v) is 6.69. The minimum atomic E-state index is -0.614. The van der Waals surface area contributed by atoms with E-state index in [0.717, 1.165) is 0 Å². The van der Waals surface area contributed by atoms with Crippen LogP contribution in [0.2, 0.25) is 10.0 Å².